The number of aromatic nitrogens is 1. The summed E-state index contributed by atoms with van der Waals surface area (Å²) in [4.78, 5) is 57.8. The number of likely N-dealkylation sites (tertiary alicyclic amines) is 1. The van der Waals surface area contributed by atoms with E-state index in [0.717, 1.165) is 28.0 Å². The van der Waals surface area contributed by atoms with E-state index in [1.807, 2.05) is 64.4 Å². The number of thiazole rings is 1. The number of ether oxygens (including phenoxy) is 1. The SMILES string of the molecule is Cc1ncsc1-c1ccc(C(C)NC(=O)C2CC(O)CN2C(=O)C(NC(=O)CCCOc2ccc(C=O)cc2)C(C)(C)C)cc1. The van der Waals surface area contributed by atoms with Gasteiger partial charge in [0, 0.05) is 24.9 Å². The van der Waals surface area contributed by atoms with Gasteiger partial charge in [-0.2, -0.15) is 0 Å². The van der Waals surface area contributed by atoms with Crippen LogP contribution in [0.5, 0.6) is 5.75 Å². The summed E-state index contributed by atoms with van der Waals surface area (Å²) in [6.07, 6.45) is 0.574. The van der Waals surface area contributed by atoms with E-state index >= 15 is 0 Å². The number of nitrogens with one attached hydrogen (secondary N) is 2. The number of amides is 3. The van der Waals surface area contributed by atoms with Crippen molar-refractivity contribution in [3.05, 3.63) is 70.9 Å². The number of hydrogen-bond donors (Lipinski definition) is 3. The quantitative estimate of drug-likeness (QED) is 0.198. The van der Waals surface area contributed by atoms with Gasteiger partial charge in [0.05, 0.1) is 34.8 Å². The molecule has 2 aromatic carbocycles. The Morgan fingerprint density at radius 2 is 1.80 bits per heavy atom. The van der Waals surface area contributed by atoms with Crippen LogP contribution in [-0.4, -0.2) is 70.3 Å². The van der Waals surface area contributed by atoms with Crippen molar-refractivity contribution < 1.29 is 29.0 Å². The van der Waals surface area contributed by atoms with Crippen molar-refractivity contribution in [1.29, 1.82) is 0 Å². The lowest BCUT2D eigenvalue weighted by Gasteiger charge is -2.35. The van der Waals surface area contributed by atoms with Crippen molar-refractivity contribution in [2.24, 2.45) is 5.41 Å². The van der Waals surface area contributed by atoms with Gasteiger partial charge in [0.1, 0.15) is 24.1 Å². The molecule has 0 radical (unpaired) electrons. The molecule has 4 rings (SSSR count). The van der Waals surface area contributed by atoms with E-state index in [0.29, 0.717) is 17.7 Å². The van der Waals surface area contributed by atoms with Gasteiger partial charge in [-0.25, -0.2) is 4.98 Å². The fourth-order valence-electron chi connectivity index (χ4n) is 5.31. The first-order valence-electron chi connectivity index (χ1n) is 15.1. The van der Waals surface area contributed by atoms with Gasteiger partial charge in [0.25, 0.3) is 0 Å². The number of aliphatic hydroxyl groups is 1. The maximum absolute atomic E-state index is 13.9. The zero-order valence-electron chi connectivity index (χ0n) is 26.4. The molecule has 3 aromatic rings. The number of carbonyl (C=O) groups excluding carboxylic acids is 4. The van der Waals surface area contributed by atoms with Crippen LogP contribution in [0.2, 0.25) is 0 Å². The lowest BCUT2D eigenvalue weighted by Crippen LogP contribution is -2.57. The summed E-state index contributed by atoms with van der Waals surface area (Å²) < 4.78 is 5.65. The Kier molecular flexibility index (Phi) is 11.1. The summed E-state index contributed by atoms with van der Waals surface area (Å²) in [6.45, 7) is 9.69. The van der Waals surface area contributed by atoms with Crippen LogP contribution < -0.4 is 15.4 Å². The molecular weight excluding hydrogens is 592 g/mol. The molecule has 4 atom stereocenters. The first-order chi connectivity index (χ1) is 21.4. The van der Waals surface area contributed by atoms with Crippen molar-refractivity contribution in [3.8, 4) is 16.2 Å². The van der Waals surface area contributed by atoms with E-state index in [2.05, 4.69) is 15.6 Å². The Labute approximate surface area is 268 Å². The molecule has 10 nitrogen and oxygen atoms in total. The number of aliphatic hydroxyl groups excluding tert-OH is 1. The minimum atomic E-state index is -0.900. The maximum atomic E-state index is 13.9. The van der Waals surface area contributed by atoms with E-state index in [1.54, 1.807) is 35.6 Å². The van der Waals surface area contributed by atoms with Gasteiger partial charge >= 0.3 is 0 Å². The summed E-state index contributed by atoms with van der Waals surface area (Å²) in [6, 6.07) is 12.5. The smallest absolute Gasteiger partial charge is 0.246 e. The van der Waals surface area contributed by atoms with Gasteiger partial charge < -0.3 is 25.4 Å². The highest BCUT2D eigenvalue weighted by Crippen LogP contribution is 2.29. The maximum Gasteiger partial charge on any atom is 0.246 e. The summed E-state index contributed by atoms with van der Waals surface area (Å²) >= 11 is 1.58. The third-order valence-electron chi connectivity index (χ3n) is 7.89. The molecule has 1 aliphatic heterocycles. The summed E-state index contributed by atoms with van der Waals surface area (Å²) in [5.74, 6) is -0.476. The molecule has 1 fully saturated rings. The number of hydrogen-bond acceptors (Lipinski definition) is 8. The molecule has 3 amide bonds. The molecule has 0 spiro atoms. The fraction of sp³-hybridized carbons (Fsp3) is 0.441. The van der Waals surface area contributed by atoms with E-state index < -0.39 is 29.5 Å². The zero-order valence-corrected chi connectivity index (χ0v) is 27.2. The summed E-state index contributed by atoms with van der Waals surface area (Å²) in [7, 11) is 0. The normalized spacial score (nSPS) is 17.8. The Morgan fingerprint density at radius 3 is 2.40 bits per heavy atom. The number of benzene rings is 2. The van der Waals surface area contributed by atoms with Crippen LogP contribution in [0.1, 0.15) is 74.6 Å². The highest BCUT2D eigenvalue weighted by atomic mass is 32.1. The minimum Gasteiger partial charge on any atom is -0.494 e. The number of aryl methyl sites for hydroxylation is 1. The molecular formula is C34H42N4O6S. The molecule has 1 saturated heterocycles. The van der Waals surface area contributed by atoms with E-state index in [4.69, 9.17) is 4.74 Å². The largest absolute Gasteiger partial charge is 0.494 e. The third-order valence-corrected chi connectivity index (χ3v) is 8.87. The zero-order chi connectivity index (χ0) is 32.7. The van der Waals surface area contributed by atoms with Crippen molar-refractivity contribution in [2.45, 2.75) is 78.1 Å². The third kappa shape index (κ3) is 8.76. The van der Waals surface area contributed by atoms with E-state index in [9.17, 15) is 24.3 Å². The number of carbonyl (C=O) groups is 4. The van der Waals surface area contributed by atoms with Crippen LogP contribution in [-0.2, 0) is 14.4 Å². The Bertz CT molecular complexity index is 1480. The monoisotopic (exact) mass is 634 g/mol. The predicted molar refractivity (Wildman–Crippen MR) is 173 cm³/mol. The van der Waals surface area contributed by atoms with Gasteiger partial charge in [-0.3, -0.25) is 19.2 Å². The topological polar surface area (TPSA) is 138 Å². The van der Waals surface area contributed by atoms with Crippen molar-refractivity contribution in [3.63, 3.8) is 0 Å². The number of rotatable bonds is 12. The number of β-amino-alcohol motifs (C(OH)–C–C–N with tert-alkyl or cyclic N) is 1. The molecule has 240 valence electrons. The first-order valence-corrected chi connectivity index (χ1v) is 16.0. The lowest BCUT2D eigenvalue weighted by atomic mass is 9.85. The standard InChI is InChI=1S/C34H42N4O6S/c1-21(24-10-12-25(13-11-24)30-22(2)35-20-45-30)36-32(42)28-17-26(40)18-38(28)33(43)31(34(3,4)5)37-29(41)7-6-16-44-27-14-8-23(19-39)9-15-27/h8-15,19-21,26,28,31,40H,6-7,16-18H2,1-5H3,(H,36,42)(H,37,41). The highest BCUT2D eigenvalue weighted by Gasteiger charge is 2.44. The van der Waals surface area contributed by atoms with Crippen LogP contribution in [0.15, 0.2) is 54.0 Å². The van der Waals surface area contributed by atoms with Crippen molar-refractivity contribution >= 4 is 35.3 Å². The lowest BCUT2D eigenvalue weighted by molar-refractivity contribution is -0.144. The molecule has 3 N–H and O–H groups in total. The molecule has 1 aliphatic rings. The Morgan fingerprint density at radius 1 is 1.11 bits per heavy atom. The minimum absolute atomic E-state index is 0.00732. The molecule has 0 saturated carbocycles. The van der Waals surface area contributed by atoms with Gasteiger partial charge in [-0.15, -0.1) is 11.3 Å². The average molecular weight is 635 g/mol. The van der Waals surface area contributed by atoms with Crippen LogP contribution >= 0.6 is 11.3 Å². The van der Waals surface area contributed by atoms with Gasteiger partial charge in [0.15, 0.2) is 0 Å². The molecule has 45 heavy (non-hydrogen) atoms. The second kappa shape index (κ2) is 14.8. The van der Waals surface area contributed by atoms with E-state index in [1.165, 1.54) is 4.90 Å². The molecule has 11 heteroatoms. The Balaban J connectivity index is 1.35. The van der Waals surface area contributed by atoms with Gasteiger partial charge in [-0.1, -0.05) is 45.0 Å². The van der Waals surface area contributed by atoms with Gasteiger partial charge in [0.2, 0.25) is 17.7 Å². The molecule has 2 heterocycles. The average Bonchev–Trinajstić information content (AvgIpc) is 3.62. The summed E-state index contributed by atoms with van der Waals surface area (Å²) in [5, 5.41) is 16.4. The number of nitrogens with zero attached hydrogens (tertiary/aromatic N) is 2. The first kappa shape index (κ1) is 33.8. The molecule has 1 aromatic heterocycles. The fourth-order valence-corrected chi connectivity index (χ4v) is 6.13. The van der Waals surface area contributed by atoms with Crippen molar-refractivity contribution in [2.75, 3.05) is 13.2 Å². The van der Waals surface area contributed by atoms with Crippen molar-refractivity contribution in [1.82, 2.24) is 20.5 Å². The molecule has 0 aliphatic carbocycles. The number of aldehydes is 1. The predicted octanol–water partition coefficient (Wildman–Crippen LogP) is 4.46. The van der Waals surface area contributed by atoms with E-state index in [-0.39, 0.29) is 43.8 Å². The summed E-state index contributed by atoms with van der Waals surface area (Å²) in [5.41, 5.74) is 4.65. The van der Waals surface area contributed by atoms with Crippen LogP contribution in [0.25, 0.3) is 10.4 Å². The van der Waals surface area contributed by atoms with Crippen LogP contribution in [0, 0.1) is 12.3 Å². The van der Waals surface area contributed by atoms with Gasteiger partial charge in [-0.05, 0) is 61.1 Å². The molecule has 0 bridgehead atoms. The second-order valence-electron chi connectivity index (χ2n) is 12.5. The van der Waals surface area contributed by atoms with Crippen LogP contribution in [0.4, 0.5) is 0 Å². The molecule has 4 unspecified atom stereocenters. The second-order valence-corrected chi connectivity index (χ2v) is 13.4. The highest BCUT2D eigenvalue weighted by molar-refractivity contribution is 7.13. The Hall–Kier alpha value is -4.09. The van der Waals surface area contributed by atoms with Crippen LogP contribution in [0.3, 0.4) is 0 Å².